The van der Waals surface area contributed by atoms with Gasteiger partial charge in [0.1, 0.15) is 0 Å². The summed E-state index contributed by atoms with van der Waals surface area (Å²) in [5, 5.41) is 0. The maximum absolute atomic E-state index is 12.3. The first-order valence-electron chi connectivity index (χ1n) is 5.65. The predicted octanol–water partition coefficient (Wildman–Crippen LogP) is 1.83. The highest BCUT2D eigenvalue weighted by molar-refractivity contribution is 6.06. The van der Waals surface area contributed by atoms with Crippen LogP contribution < -0.4 is 16.4 Å². The largest absolute Gasteiger partial charge is 0.399 e. The van der Waals surface area contributed by atoms with Gasteiger partial charge < -0.3 is 11.5 Å². The number of anilines is 2. The summed E-state index contributed by atoms with van der Waals surface area (Å²) in [5.41, 5.74) is 13.3. The van der Waals surface area contributed by atoms with E-state index in [2.05, 4.69) is 0 Å². The number of nitrogens with two attached hydrogens (primary N) is 2. The molecule has 0 saturated heterocycles. The summed E-state index contributed by atoms with van der Waals surface area (Å²) in [4.78, 5) is 13.8. The summed E-state index contributed by atoms with van der Waals surface area (Å²) in [6, 6.07) is 16.1. The minimum Gasteiger partial charge on any atom is -0.399 e. The smallest absolute Gasteiger partial charge is 0.259 e. The van der Waals surface area contributed by atoms with Gasteiger partial charge in [-0.05, 0) is 36.4 Å². The van der Waals surface area contributed by atoms with Crippen molar-refractivity contribution in [3.8, 4) is 0 Å². The maximum Gasteiger partial charge on any atom is 0.259 e. The quantitative estimate of drug-likeness (QED) is 0.636. The summed E-state index contributed by atoms with van der Waals surface area (Å²) in [6.45, 7) is 0.123. The SMILES string of the molecule is NCN(C(=O)c1ccccc1)c1ccc(N)cc1. The highest BCUT2D eigenvalue weighted by Gasteiger charge is 2.15. The van der Waals surface area contributed by atoms with Crippen molar-refractivity contribution in [3.05, 3.63) is 60.2 Å². The van der Waals surface area contributed by atoms with Gasteiger partial charge in [0.05, 0.1) is 6.67 Å². The number of hydrogen-bond acceptors (Lipinski definition) is 3. The van der Waals surface area contributed by atoms with E-state index in [1.54, 1.807) is 36.4 Å². The van der Waals surface area contributed by atoms with E-state index in [4.69, 9.17) is 11.5 Å². The highest BCUT2D eigenvalue weighted by Crippen LogP contribution is 2.17. The van der Waals surface area contributed by atoms with Gasteiger partial charge in [0.2, 0.25) is 0 Å². The van der Waals surface area contributed by atoms with E-state index in [0.29, 0.717) is 11.3 Å². The lowest BCUT2D eigenvalue weighted by atomic mass is 10.2. The Morgan fingerprint density at radius 2 is 1.61 bits per heavy atom. The average Bonchev–Trinajstić information content (AvgIpc) is 2.42. The van der Waals surface area contributed by atoms with Gasteiger partial charge in [0.25, 0.3) is 5.91 Å². The normalized spacial score (nSPS) is 10.1. The summed E-state index contributed by atoms with van der Waals surface area (Å²) in [6.07, 6.45) is 0. The average molecular weight is 241 g/mol. The number of hydrogen-bond donors (Lipinski definition) is 2. The molecular formula is C14H15N3O. The van der Waals surface area contributed by atoms with E-state index in [9.17, 15) is 4.79 Å². The summed E-state index contributed by atoms with van der Waals surface area (Å²) < 4.78 is 0. The fourth-order valence-electron chi connectivity index (χ4n) is 1.70. The standard InChI is InChI=1S/C14H15N3O/c15-10-17(13-8-6-12(16)7-9-13)14(18)11-4-2-1-3-5-11/h1-9H,10,15-16H2. The Hall–Kier alpha value is -2.33. The number of amides is 1. The first-order chi connectivity index (χ1) is 8.72. The Bertz CT molecular complexity index is 522. The molecule has 4 heteroatoms. The predicted molar refractivity (Wildman–Crippen MR) is 73.2 cm³/mol. The van der Waals surface area contributed by atoms with Gasteiger partial charge in [-0.3, -0.25) is 9.69 Å². The molecule has 2 aromatic carbocycles. The van der Waals surface area contributed by atoms with Gasteiger partial charge in [-0.1, -0.05) is 18.2 Å². The first-order valence-corrected chi connectivity index (χ1v) is 5.65. The molecule has 4 N–H and O–H groups in total. The third-order valence-corrected chi connectivity index (χ3v) is 2.65. The highest BCUT2D eigenvalue weighted by atomic mass is 16.2. The van der Waals surface area contributed by atoms with Crippen LogP contribution in [-0.2, 0) is 0 Å². The van der Waals surface area contributed by atoms with E-state index in [1.807, 2.05) is 18.2 Å². The molecule has 0 atom stereocenters. The molecule has 1 amide bonds. The Morgan fingerprint density at radius 1 is 1.00 bits per heavy atom. The van der Waals surface area contributed by atoms with Crippen molar-refractivity contribution in [1.82, 2.24) is 0 Å². The van der Waals surface area contributed by atoms with Crippen LogP contribution in [0, 0.1) is 0 Å². The van der Waals surface area contributed by atoms with Crippen molar-refractivity contribution in [2.24, 2.45) is 5.73 Å². The number of carbonyl (C=O) groups excluding carboxylic acids is 1. The third kappa shape index (κ3) is 2.49. The van der Waals surface area contributed by atoms with Crippen LogP contribution in [0.5, 0.6) is 0 Å². The molecule has 0 unspecified atom stereocenters. The molecule has 2 rings (SSSR count). The monoisotopic (exact) mass is 241 g/mol. The molecule has 92 valence electrons. The van der Waals surface area contributed by atoms with Crippen LogP contribution in [0.2, 0.25) is 0 Å². The van der Waals surface area contributed by atoms with Crippen LogP contribution in [0.3, 0.4) is 0 Å². The molecule has 18 heavy (non-hydrogen) atoms. The first kappa shape index (κ1) is 12.1. The van der Waals surface area contributed by atoms with Gasteiger partial charge in [-0.25, -0.2) is 0 Å². The second-order valence-corrected chi connectivity index (χ2v) is 3.87. The summed E-state index contributed by atoms with van der Waals surface area (Å²) in [7, 11) is 0. The van der Waals surface area contributed by atoms with Crippen molar-refractivity contribution in [1.29, 1.82) is 0 Å². The Balaban J connectivity index is 2.29. The van der Waals surface area contributed by atoms with Crippen LogP contribution in [-0.4, -0.2) is 12.6 Å². The maximum atomic E-state index is 12.3. The van der Waals surface area contributed by atoms with Crippen molar-refractivity contribution in [3.63, 3.8) is 0 Å². The molecule has 0 bridgehead atoms. The Kier molecular flexibility index (Phi) is 3.60. The van der Waals surface area contributed by atoms with Crippen molar-refractivity contribution in [2.75, 3.05) is 17.3 Å². The van der Waals surface area contributed by atoms with E-state index in [0.717, 1.165) is 5.69 Å². The van der Waals surface area contributed by atoms with Crippen LogP contribution in [0.4, 0.5) is 11.4 Å². The summed E-state index contributed by atoms with van der Waals surface area (Å²) >= 11 is 0. The zero-order chi connectivity index (χ0) is 13.0. The van der Waals surface area contributed by atoms with Gasteiger partial charge in [-0.15, -0.1) is 0 Å². The fourth-order valence-corrected chi connectivity index (χ4v) is 1.70. The molecule has 0 aliphatic rings. The van der Waals surface area contributed by atoms with Crippen molar-refractivity contribution < 1.29 is 4.79 Å². The van der Waals surface area contributed by atoms with Gasteiger partial charge >= 0.3 is 0 Å². The molecule has 0 heterocycles. The van der Waals surface area contributed by atoms with Gasteiger partial charge in [0, 0.05) is 16.9 Å². The molecule has 0 aliphatic heterocycles. The lowest BCUT2D eigenvalue weighted by Crippen LogP contribution is -2.36. The molecule has 2 aromatic rings. The Labute approximate surface area is 106 Å². The second-order valence-electron chi connectivity index (χ2n) is 3.87. The van der Waals surface area contributed by atoms with Crippen LogP contribution in [0.15, 0.2) is 54.6 Å². The van der Waals surface area contributed by atoms with Gasteiger partial charge in [-0.2, -0.15) is 0 Å². The van der Waals surface area contributed by atoms with E-state index in [-0.39, 0.29) is 12.6 Å². The van der Waals surface area contributed by atoms with Crippen molar-refractivity contribution >= 4 is 17.3 Å². The molecule has 0 radical (unpaired) electrons. The Morgan fingerprint density at radius 3 is 2.17 bits per heavy atom. The molecular weight excluding hydrogens is 226 g/mol. The zero-order valence-corrected chi connectivity index (χ0v) is 9.91. The molecule has 0 spiro atoms. The van der Waals surface area contributed by atoms with Crippen molar-refractivity contribution in [2.45, 2.75) is 0 Å². The van der Waals surface area contributed by atoms with E-state index < -0.39 is 0 Å². The summed E-state index contributed by atoms with van der Waals surface area (Å²) in [5.74, 6) is -0.122. The van der Waals surface area contributed by atoms with E-state index in [1.165, 1.54) is 4.90 Å². The lowest BCUT2D eigenvalue weighted by molar-refractivity contribution is 0.0987. The van der Waals surface area contributed by atoms with Crippen LogP contribution >= 0.6 is 0 Å². The van der Waals surface area contributed by atoms with Crippen LogP contribution in [0.1, 0.15) is 10.4 Å². The molecule has 0 fully saturated rings. The van der Waals surface area contributed by atoms with Gasteiger partial charge in [0.15, 0.2) is 0 Å². The fraction of sp³-hybridized carbons (Fsp3) is 0.0714. The number of nitrogens with zero attached hydrogens (tertiary/aromatic N) is 1. The molecule has 0 aromatic heterocycles. The van der Waals surface area contributed by atoms with Crippen LogP contribution in [0.25, 0.3) is 0 Å². The lowest BCUT2D eigenvalue weighted by Gasteiger charge is -2.20. The minimum absolute atomic E-state index is 0.122. The number of rotatable bonds is 3. The second kappa shape index (κ2) is 5.33. The third-order valence-electron chi connectivity index (χ3n) is 2.65. The topological polar surface area (TPSA) is 72.3 Å². The zero-order valence-electron chi connectivity index (χ0n) is 9.91. The minimum atomic E-state index is -0.122. The van der Waals surface area contributed by atoms with E-state index >= 15 is 0 Å². The number of carbonyl (C=O) groups is 1. The molecule has 0 saturated carbocycles. The molecule has 4 nitrogen and oxygen atoms in total. The number of benzene rings is 2. The number of nitrogen functional groups attached to an aromatic ring is 1. The molecule has 0 aliphatic carbocycles.